The van der Waals surface area contributed by atoms with Gasteiger partial charge in [-0.05, 0) is 30.3 Å². The largest absolute Gasteiger partial charge is 0.478 e. The van der Waals surface area contributed by atoms with E-state index in [1.54, 1.807) is 18.2 Å². The van der Waals surface area contributed by atoms with E-state index >= 15 is 0 Å². The Morgan fingerprint density at radius 2 is 2.16 bits per heavy atom. The number of carbonyl (C=O) groups is 1. The molecule has 0 unspecified atom stereocenters. The Hall–Kier alpha value is -1.04. The first-order valence-corrected chi connectivity index (χ1v) is 7.44. The highest BCUT2D eigenvalue weighted by atomic mass is 79.9. The number of benzene rings is 1. The van der Waals surface area contributed by atoms with Crippen molar-refractivity contribution in [2.45, 2.75) is 6.54 Å². The van der Waals surface area contributed by atoms with Crippen molar-refractivity contribution in [2.24, 2.45) is 0 Å². The molecule has 0 radical (unpaired) electrons. The van der Waals surface area contributed by atoms with Gasteiger partial charge in [-0.15, -0.1) is 11.3 Å². The van der Waals surface area contributed by atoms with Crippen LogP contribution in [0.4, 0.5) is 5.69 Å². The summed E-state index contributed by atoms with van der Waals surface area (Å²) in [6, 6.07) is 8.91. The molecule has 1 heterocycles. The van der Waals surface area contributed by atoms with E-state index in [9.17, 15) is 9.90 Å². The Morgan fingerprint density at radius 3 is 2.74 bits per heavy atom. The summed E-state index contributed by atoms with van der Waals surface area (Å²) >= 11 is 10.8. The van der Waals surface area contributed by atoms with Crippen LogP contribution < -0.4 is 4.90 Å². The highest BCUT2D eigenvalue weighted by Crippen LogP contribution is 2.28. The number of halogens is 2. The van der Waals surface area contributed by atoms with Crippen LogP contribution in [0.2, 0.25) is 4.34 Å². The summed E-state index contributed by atoms with van der Waals surface area (Å²) < 4.78 is 1.58. The van der Waals surface area contributed by atoms with E-state index in [1.807, 2.05) is 24.1 Å². The Labute approximate surface area is 128 Å². The van der Waals surface area contributed by atoms with E-state index < -0.39 is 5.97 Å². The van der Waals surface area contributed by atoms with Gasteiger partial charge in [0.1, 0.15) is 0 Å². The minimum absolute atomic E-state index is 0.286. The average Bonchev–Trinajstić information content (AvgIpc) is 2.74. The number of anilines is 1. The minimum Gasteiger partial charge on any atom is -0.478 e. The van der Waals surface area contributed by atoms with Gasteiger partial charge in [0.15, 0.2) is 0 Å². The molecule has 0 saturated carbocycles. The smallest absolute Gasteiger partial charge is 0.337 e. The molecular weight excluding hydrogens is 350 g/mol. The van der Waals surface area contributed by atoms with Gasteiger partial charge in [-0.3, -0.25) is 0 Å². The van der Waals surface area contributed by atoms with Crippen molar-refractivity contribution in [3.05, 3.63) is 49.6 Å². The van der Waals surface area contributed by atoms with Gasteiger partial charge in [-0.25, -0.2) is 4.79 Å². The van der Waals surface area contributed by atoms with Crippen molar-refractivity contribution in [3.63, 3.8) is 0 Å². The predicted molar refractivity (Wildman–Crippen MR) is 82.5 cm³/mol. The molecule has 0 saturated heterocycles. The first kappa shape index (κ1) is 14.4. The van der Waals surface area contributed by atoms with Crippen molar-refractivity contribution in [2.75, 3.05) is 11.9 Å². The maximum absolute atomic E-state index is 11.2. The monoisotopic (exact) mass is 359 g/mol. The zero-order valence-corrected chi connectivity index (χ0v) is 13.2. The normalized spacial score (nSPS) is 10.5. The molecule has 0 aliphatic rings. The fraction of sp³-hybridized carbons (Fsp3) is 0.154. The summed E-state index contributed by atoms with van der Waals surface area (Å²) in [5.41, 5.74) is 0.958. The molecule has 1 N–H and O–H groups in total. The second-order valence-electron chi connectivity index (χ2n) is 4.03. The number of rotatable bonds is 4. The molecule has 0 spiro atoms. The summed E-state index contributed by atoms with van der Waals surface area (Å²) in [6.45, 7) is 0.619. The number of nitrogens with zero attached hydrogens (tertiary/aromatic N) is 1. The lowest BCUT2D eigenvalue weighted by Crippen LogP contribution is -2.18. The van der Waals surface area contributed by atoms with Gasteiger partial charge >= 0.3 is 5.97 Å². The third-order valence-electron chi connectivity index (χ3n) is 2.62. The van der Waals surface area contributed by atoms with E-state index in [4.69, 9.17) is 11.6 Å². The van der Waals surface area contributed by atoms with Crippen LogP contribution in [0.3, 0.4) is 0 Å². The highest BCUT2D eigenvalue weighted by Gasteiger charge is 2.14. The Balaban J connectivity index is 2.29. The molecule has 0 atom stereocenters. The lowest BCUT2D eigenvalue weighted by atomic mass is 10.1. The second-order valence-corrected chi connectivity index (χ2v) is 6.74. The highest BCUT2D eigenvalue weighted by molar-refractivity contribution is 9.10. The first-order chi connectivity index (χ1) is 8.97. The van der Waals surface area contributed by atoms with Gasteiger partial charge in [0.25, 0.3) is 0 Å². The molecule has 0 aliphatic carbocycles. The fourth-order valence-corrected chi connectivity index (χ4v) is 3.25. The van der Waals surface area contributed by atoms with Crippen molar-refractivity contribution in [3.8, 4) is 0 Å². The third-order valence-corrected chi connectivity index (χ3v) is 4.33. The van der Waals surface area contributed by atoms with Crippen LogP contribution in [0.15, 0.2) is 34.8 Å². The fourth-order valence-electron chi connectivity index (χ4n) is 1.76. The number of thiophene rings is 1. The standard InChI is InChI=1S/C13H11BrClNO2S/c1-16(7-9-3-5-12(15)19-9)11-6-8(14)2-4-10(11)13(17)18/h2-6H,7H2,1H3,(H,17,18). The van der Waals surface area contributed by atoms with E-state index in [1.165, 1.54) is 11.3 Å². The maximum Gasteiger partial charge on any atom is 0.337 e. The number of carboxylic acid groups (broad SMARTS) is 1. The van der Waals surface area contributed by atoms with Gasteiger partial charge in [0.05, 0.1) is 22.1 Å². The summed E-state index contributed by atoms with van der Waals surface area (Å²) in [6.07, 6.45) is 0. The van der Waals surface area contributed by atoms with Crippen LogP contribution in [-0.2, 0) is 6.54 Å². The van der Waals surface area contributed by atoms with Crippen LogP contribution in [0, 0.1) is 0 Å². The van der Waals surface area contributed by atoms with Gasteiger partial charge in [0, 0.05) is 16.4 Å². The zero-order chi connectivity index (χ0) is 14.0. The Morgan fingerprint density at radius 1 is 1.42 bits per heavy atom. The average molecular weight is 361 g/mol. The molecule has 19 heavy (non-hydrogen) atoms. The Bertz CT molecular complexity index is 614. The molecule has 6 heteroatoms. The summed E-state index contributed by atoms with van der Waals surface area (Å²) in [5.74, 6) is -0.932. The first-order valence-electron chi connectivity index (χ1n) is 5.45. The molecule has 0 bridgehead atoms. The van der Waals surface area contributed by atoms with Gasteiger partial charge in [-0.2, -0.15) is 0 Å². The van der Waals surface area contributed by atoms with E-state index in [-0.39, 0.29) is 5.56 Å². The summed E-state index contributed by atoms with van der Waals surface area (Å²) in [7, 11) is 1.86. The minimum atomic E-state index is -0.932. The molecule has 100 valence electrons. The van der Waals surface area contributed by atoms with Gasteiger partial charge in [-0.1, -0.05) is 27.5 Å². The molecule has 1 aromatic carbocycles. The molecule has 1 aromatic heterocycles. The SMILES string of the molecule is CN(Cc1ccc(Cl)s1)c1cc(Br)ccc1C(=O)O. The lowest BCUT2D eigenvalue weighted by Gasteiger charge is -2.20. The van der Waals surface area contributed by atoms with Crippen molar-refractivity contribution >= 4 is 50.5 Å². The zero-order valence-electron chi connectivity index (χ0n) is 10.1. The Kier molecular flexibility index (Phi) is 4.50. The number of carboxylic acids is 1. The molecule has 0 aliphatic heterocycles. The van der Waals surface area contributed by atoms with E-state index in [2.05, 4.69) is 15.9 Å². The molecule has 2 rings (SSSR count). The van der Waals surface area contributed by atoms with Crippen molar-refractivity contribution in [1.82, 2.24) is 0 Å². The van der Waals surface area contributed by atoms with Gasteiger partial charge in [0.2, 0.25) is 0 Å². The third kappa shape index (κ3) is 3.49. The van der Waals surface area contributed by atoms with Crippen LogP contribution in [0.1, 0.15) is 15.2 Å². The van der Waals surface area contributed by atoms with E-state index in [0.717, 1.165) is 13.7 Å². The number of hydrogen-bond acceptors (Lipinski definition) is 3. The lowest BCUT2D eigenvalue weighted by molar-refractivity contribution is 0.0697. The van der Waals surface area contributed by atoms with Crippen LogP contribution in [0.25, 0.3) is 0 Å². The number of hydrogen-bond donors (Lipinski definition) is 1. The van der Waals surface area contributed by atoms with Crippen LogP contribution >= 0.6 is 38.9 Å². The van der Waals surface area contributed by atoms with Crippen LogP contribution in [0.5, 0.6) is 0 Å². The van der Waals surface area contributed by atoms with Crippen molar-refractivity contribution in [1.29, 1.82) is 0 Å². The van der Waals surface area contributed by atoms with Gasteiger partial charge < -0.3 is 10.0 Å². The van der Waals surface area contributed by atoms with E-state index in [0.29, 0.717) is 12.2 Å². The second kappa shape index (κ2) is 5.94. The molecule has 0 amide bonds. The summed E-state index contributed by atoms with van der Waals surface area (Å²) in [4.78, 5) is 14.2. The molecular formula is C13H11BrClNO2S. The molecule has 0 fully saturated rings. The topological polar surface area (TPSA) is 40.5 Å². The van der Waals surface area contributed by atoms with Crippen molar-refractivity contribution < 1.29 is 9.90 Å². The van der Waals surface area contributed by atoms with Crippen LogP contribution in [-0.4, -0.2) is 18.1 Å². The maximum atomic E-state index is 11.2. The summed E-state index contributed by atoms with van der Waals surface area (Å²) in [5, 5.41) is 9.22. The predicted octanol–water partition coefficient (Wildman–Crippen LogP) is 4.50. The quantitative estimate of drug-likeness (QED) is 0.873. The molecule has 3 nitrogen and oxygen atoms in total. The number of aromatic carboxylic acids is 1. The molecule has 2 aromatic rings.